The van der Waals surface area contributed by atoms with Crippen molar-refractivity contribution in [2.75, 3.05) is 25.4 Å². The molecule has 1 aromatic carbocycles. The molecule has 0 spiro atoms. The van der Waals surface area contributed by atoms with Crippen LogP contribution in [0.3, 0.4) is 0 Å². The van der Waals surface area contributed by atoms with E-state index >= 15 is 0 Å². The van der Waals surface area contributed by atoms with E-state index in [0.717, 1.165) is 11.3 Å². The molecular formula is C26H37N3O3S. The molecule has 1 unspecified atom stereocenters. The minimum Gasteiger partial charge on any atom is -0.322 e. The number of nitrogens with one attached hydrogen (secondary N) is 1. The highest BCUT2D eigenvalue weighted by Crippen LogP contribution is 2.31. The van der Waals surface area contributed by atoms with Gasteiger partial charge in [-0.3, -0.25) is 19.7 Å². The molecule has 1 aromatic rings. The number of likely N-dealkylation sites (tertiary alicyclic amines) is 1. The molecule has 4 rings (SSSR count). The molecule has 0 radical (unpaired) electrons. The van der Waals surface area contributed by atoms with E-state index in [4.69, 9.17) is 0 Å². The number of rotatable bonds is 11. The number of unbranched alkanes of at least 4 members (excludes halogenated alkanes) is 5. The zero-order chi connectivity index (χ0) is 23.0. The lowest BCUT2D eigenvalue weighted by molar-refractivity contribution is -0.136. The fourth-order valence-electron chi connectivity index (χ4n) is 5.16. The first-order valence-corrected chi connectivity index (χ1v) is 13.7. The smallest absolute Gasteiger partial charge is 0.255 e. The van der Waals surface area contributed by atoms with Crippen LogP contribution in [-0.2, 0) is 16.1 Å². The predicted molar refractivity (Wildman–Crippen MR) is 131 cm³/mol. The molecule has 0 saturated carbocycles. The van der Waals surface area contributed by atoms with Crippen LogP contribution in [0.25, 0.3) is 0 Å². The van der Waals surface area contributed by atoms with Gasteiger partial charge in [0.05, 0.1) is 0 Å². The summed E-state index contributed by atoms with van der Waals surface area (Å²) in [4.78, 5) is 41.8. The van der Waals surface area contributed by atoms with Gasteiger partial charge in [-0.05, 0) is 81.3 Å². The summed E-state index contributed by atoms with van der Waals surface area (Å²) < 4.78 is 0. The van der Waals surface area contributed by atoms with Crippen molar-refractivity contribution >= 4 is 29.5 Å². The zero-order valence-electron chi connectivity index (χ0n) is 19.7. The fraction of sp³-hybridized carbons (Fsp3) is 0.654. The van der Waals surface area contributed by atoms with Crippen LogP contribution in [0.5, 0.6) is 0 Å². The number of imide groups is 1. The molecule has 3 aliphatic rings. The number of hydrogen-bond donors (Lipinski definition) is 1. The number of carbonyl (C=O) groups is 3. The average molecular weight is 472 g/mol. The van der Waals surface area contributed by atoms with E-state index in [1.54, 1.807) is 4.90 Å². The largest absolute Gasteiger partial charge is 0.322 e. The van der Waals surface area contributed by atoms with Gasteiger partial charge in [0.2, 0.25) is 11.8 Å². The Morgan fingerprint density at radius 3 is 2.48 bits per heavy atom. The highest BCUT2D eigenvalue weighted by atomic mass is 32.2. The number of carbonyl (C=O) groups excluding carboxylic acids is 3. The molecule has 3 amide bonds. The Balaban J connectivity index is 1.12. The summed E-state index contributed by atoms with van der Waals surface area (Å²) in [7, 11) is 0. The minimum atomic E-state index is -0.543. The van der Waals surface area contributed by atoms with Gasteiger partial charge in [-0.1, -0.05) is 32.1 Å². The van der Waals surface area contributed by atoms with Crippen molar-refractivity contribution in [3.05, 3.63) is 29.3 Å². The SMILES string of the molecule is O=C1CCC(N2Cc3cc(SCCCCCCCCN4CCCCC4)ccc3C2=O)C(=O)N1. The number of piperidine rings is 2. The van der Waals surface area contributed by atoms with E-state index in [2.05, 4.69) is 16.3 Å². The van der Waals surface area contributed by atoms with E-state index in [-0.39, 0.29) is 24.1 Å². The van der Waals surface area contributed by atoms with Gasteiger partial charge in [0.1, 0.15) is 6.04 Å². The lowest BCUT2D eigenvalue weighted by atomic mass is 10.0. The van der Waals surface area contributed by atoms with Crippen molar-refractivity contribution in [3.63, 3.8) is 0 Å². The Morgan fingerprint density at radius 1 is 0.939 bits per heavy atom. The Bertz CT molecular complexity index is 853. The highest BCUT2D eigenvalue weighted by Gasteiger charge is 2.39. The van der Waals surface area contributed by atoms with Crippen LogP contribution in [-0.4, -0.2) is 59.0 Å². The summed E-state index contributed by atoms with van der Waals surface area (Å²) >= 11 is 1.85. The summed E-state index contributed by atoms with van der Waals surface area (Å²) in [5.41, 5.74) is 1.68. The van der Waals surface area contributed by atoms with Gasteiger partial charge < -0.3 is 9.80 Å². The first-order valence-electron chi connectivity index (χ1n) is 12.7. The molecule has 2 fully saturated rings. The van der Waals surface area contributed by atoms with Crippen molar-refractivity contribution < 1.29 is 14.4 Å². The van der Waals surface area contributed by atoms with Crippen molar-refractivity contribution in [1.29, 1.82) is 0 Å². The van der Waals surface area contributed by atoms with Crippen LogP contribution in [0.15, 0.2) is 23.1 Å². The number of hydrogen-bond acceptors (Lipinski definition) is 5. The van der Waals surface area contributed by atoms with Crippen molar-refractivity contribution in [1.82, 2.24) is 15.1 Å². The fourth-order valence-corrected chi connectivity index (χ4v) is 6.13. The van der Waals surface area contributed by atoms with E-state index < -0.39 is 6.04 Å². The molecule has 0 aromatic heterocycles. The second-order valence-corrected chi connectivity index (χ2v) is 10.8. The first kappa shape index (κ1) is 24.3. The Labute approximate surface area is 201 Å². The summed E-state index contributed by atoms with van der Waals surface area (Å²) in [6.45, 7) is 4.36. The molecule has 1 atom stereocenters. The summed E-state index contributed by atoms with van der Waals surface area (Å²) in [5.74, 6) is 0.388. The molecule has 1 N–H and O–H groups in total. The maximum atomic E-state index is 12.8. The van der Waals surface area contributed by atoms with Crippen molar-refractivity contribution in [3.8, 4) is 0 Å². The molecular weight excluding hydrogens is 434 g/mol. The third kappa shape index (κ3) is 6.60. The normalized spacial score (nSPS) is 21.4. The topological polar surface area (TPSA) is 69.7 Å². The van der Waals surface area contributed by atoms with E-state index in [1.165, 1.54) is 82.3 Å². The third-order valence-corrected chi connectivity index (χ3v) is 8.16. The zero-order valence-corrected chi connectivity index (χ0v) is 20.5. The van der Waals surface area contributed by atoms with Crippen LogP contribution < -0.4 is 5.32 Å². The van der Waals surface area contributed by atoms with Gasteiger partial charge in [0.25, 0.3) is 5.91 Å². The standard InChI is InChI=1S/C26H37N3O3S/c30-24-13-12-23(25(31)27-24)29-19-20-18-21(10-11-22(20)26(29)32)33-17-9-4-2-1-3-6-14-28-15-7-5-8-16-28/h10-11,18,23H,1-9,12-17,19H2,(H,27,30,31). The molecule has 0 aliphatic carbocycles. The Hall–Kier alpha value is -1.86. The van der Waals surface area contributed by atoms with Crippen LogP contribution in [0.1, 0.15) is 86.6 Å². The van der Waals surface area contributed by atoms with Crippen LogP contribution in [0.4, 0.5) is 0 Å². The number of thioether (sulfide) groups is 1. The summed E-state index contributed by atoms with van der Waals surface area (Å²) in [6, 6.07) is 5.48. The van der Waals surface area contributed by atoms with E-state index in [0.29, 0.717) is 18.5 Å². The number of nitrogens with zero attached hydrogens (tertiary/aromatic N) is 2. The first-order chi connectivity index (χ1) is 16.1. The molecule has 2 saturated heterocycles. The molecule has 33 heavy (non-hydrogen) atoms. The van der Waals surface area contributed by atoms with Gasteiger partial charge in [-0.15, -0.1) is 11.8 Å². The highest BCUT2D eigenvalue weighted by molar-refractivity contribution is 7.99. The summed E-state index contributed by atoms with van der Waals surface area (Å²) in [6.07, 6.45) is 12.7. The molecule has 180 valence electrons. The average Bonchev–Trinajstić information content (AvgIpc) is 3.14. The molecule has 3 aliphatic heterocycles. The second kappa shape index (κ2) is 12.0. The van der Waals surface area contributed by atoms with Crippen LogP contribution in [0, 0.1) is 0 Å². The Morgan fingerprint density at radius 2 is 1.70 bits per heavy atom. The summed E-state index contributed by atoms with van der Waals surface area (Å²) in [5, 5.41) is 2.36. The van der Waals surface area contributed by atoms with Crippen LogP contribution >= 0.6 is 11.8 Å². The lowest BCUT2D eigenvalue weighted by Crippen LogP contribution is -2.52. The van der Waals surface area contributed by atoms with Crippen molar-refractivity contribution in [2.24, 2.45) is 0 Å². The van der Waals surface area contributed by atoms with Gasteiger partial charge in [-0.25, -0.2) is 0 Å². The number of benzene rings is 1. The van der Waals surface area contributed by atoms with Gasteiger partial charge in [0, 0.05) is 23.4 Å². The van der Waals surface area contributed by atoms with Crippen LogP contribution in [0.2, 0.25) is 0 Å². The van der Waals surface area contributed by atoms with Gasteiger partial charge in [-0.2, -0.15) is 0 Å². The number of fused-ring (bicyclic) bond motifs is 1. The quantitative estimate of drug-likeness (QED) is 0.295. The lowest BCUT2D eigenvalue weighted by Gasteiger charge is -2.29. The molecule has 6 nitrogen and oxygen atoms in total. The van der Waals surface area contributed by atoms with E-state index in [9.17, 15) is 14.4 Å². The molecule has 7 heteroatoms. The molecule has 0 bridgehead atoms. The van der Waals surface area contributed by atoms with Gasteiger partial charge >= 0.3 is 0 Å². The maximum absolute atomic E-state index is 12.8. The van der Waals surface area contributed by atoms with E-state index in [1.807, 2.05) is 23.9 Å². The predicted octanol–water partition coefficient (Wildman–Crippen LogP) is 4.37. The minimum absolute atomic E-state index is 0.101. The number of amides is 3. The maximum Gasteiger partial charge on any atom is 0.255 e. The Kier molecular flexibility index (Phi) is 8.84. The second-order valence-electron chi connectivity index (χ2n) is 9.59. The molecule has 3 heterocycles. The van der Waals surface area contributed by atoms with Crippen molar-refractivity contribution in [2.45, 2.75) is 88.1 Å². The van der Waals surface area contributed by atoms with Gasteiger partial charge in [0.15, 0.2) is 0 Å². The monoisotopic (exact) mass is 471 g/mol. The third-order valence-electron chi connectivity index (χ3n) is 7.08.